The molecule has 60 heavy (non-hydrogen) atoms. The van der Waals surface area contributed by atoms with Gasteiger partial charge in [0.15, 0.2) is 17.5 Å². The molecule has 0 atom stereocenters. The predicted molar refractivity (Wildman–Crippen MR) is 238 cm³/mol. The van der Waals surface area contributed by atoms with Gasteiger partial charge in [0.05, 0.1) is 28.7 Å². The Bertz CT molecular complexity index is 3120. The van der Waals surface area contributed by atoms with E-state index in [1.807, 2.05) is 84.6 Å². The Hall–Kier alpha value is -7.90. The maximum atomic E-state index is 9.60. The van der Waals surface area contributed by atoms with Gasteiger partial charge in [0.2, 0.25) is 0 Å². The Kier molecular flexibility index (Phi) is 8.34. The van der Waals surface area contributed by atoms with Crippen LogP contribution in [0.3, 0.4) is 0 Å². The molecule has 0 saturated heterocycles. The summed E-state index contributed by atoms with van der Waals surface area (Å²) in [5.41, 5.74) is 14.3. The molecule has 0 unspecified atom stereocenters. The van der Waals surface area contributed by atoms with Gasteiger partial charge in [0.25, 0.3) is 0 Å². The number of nitrogens with zero attached hydrogens (tertiary/aromatic N) is 5. The summed E-state index contributed by atoms with van der Waals surface area (Å²) in [7, 11) is 0. The van der Waals surface area contributed by atoms with Crippen molar-refractivity contribution in [1.29, 1.82) is 10.5 Å². The second kappa shape index (κ2) is 14.2. The minimum Gasteiger partial charge on any atom is -0.208 e. The van der Waals surface area contributed by atoms with E-state index in [2.05, 4.69) is 121 Å². The average molecular weight is 782 g/mol. The van der Waals surface area contributed by atoms with Crippen LogP contribution < -0.4 is 0 Å². The largest absolute Gasteiger partial charge is 0.208 e. The Morgan fingerprint density at radius 2 is 0.767 bits per heavy atom. The molecule has 0 N–H and O–H groups in total. The lowest BCUT2D eigenvalue weighted by Gasteiger charge is -2.39. The van der Waals surface area contributed by atoms with Crippen molar-refractivity contribution in [3.05, 3.63) is 221 Å². The van der Waals surface area contributed by atoms with E-state index in [0.29, 0.717) is 28.6 Å². The van der Waals surface area contributed by atoms with E-state index in [0.717, 1.165) is 38.9 Å². The van der Waals surface area contributed by atoms with E-state index in [9.17, 15) is 10.5 Å². The lowest BCUT2D eigenvalue weighted by atomic mass is 9.67. The van der Waals surface area contributed by atoms with Crippen molar-refractivity contribution < 1.29 is 0 Å². The molecular formula is C54H31N5S. The van der Waals surface area contributed by atoms with E-state index in [4.69, 9.17) is 15.0 Å². The molecule has 0 fully saturated rings. The normalized spacial score (nSPS) is 12.7. The topological polar surface area (TPSA) is 86.2 Å². The molecule has 0 radical (unpaired) electrons. The number of fused-ring (bicyclic) bond motifs is 9. The fraction of sp³-hybridized carbons (Fsp3) is 0.0185. The van der Waals surface area contributed by atoms with Gasteiger partial charge in [-0.15, -0.1) is 0 Å². The zero-order valence-electron chi connectivity index (χ0n) is 32.0. The van der Waals surface area contributed by atoms with Gasteiger partial charge >= 0.3 is 0 Å². The molecular weight excluding hydrogens is 751 g/mol. The van der Waals surface area contributed by atoms with Crippen LogP contribution in [0.15, 0.2) is 198 Å². The molecule has 1 aliphatic carbocycles. The molecule has 278 valence electrons. The van der Waals surface area contributed by atoms with Crippen LogP contribution in [0.4, 0.5) is 0 Å². The Morgan fingerprint density at radius 1 is 0.350 bits per heavy atom. The summed E-state index contributed by atoms with van der Waals surface area (Å²) >= 11 is 1.82. The molecule has 2 heterocycles. The molecule has 0 bridgehead atoms. The summed E-state index contributed by atoms with van der Waals surface area (Å²) in [6.45, 7) is 0. The molecule has 1 aromatic heterocycles. The fourth-order valence-electron chi connectivity index (χ4n) is 8.93. The van der Waals surface area contributed by atoms with Crippen LogP contribution in [0.1, 0.15) is 33.4 Å². The second-order valence-corrected chi connectivity index (χ2v) is 16.1. The zero-order chi connectivity index (χ0) is 40.2. The molecule has 11 rings (SSSR count). The maximum absolute atomic E-state index is 9.60. The highest BCUT2D eigenvalue weighted by molar-refractivity contribution is 7.99. The molecule has 6 heteroatoms. The Balaban J connectivity index is 1.11. The van der Waals surface area contributed by atoms with Crippen molar-refractivity contribution in [1.82, 2.24) is 15.0 Å². The minimum absolute atomic E-state index is 0.467. The first kappa shape index (κ1) is 35.3. The number of hydrogen-bond acceptors (Lipinski definition) is 6. The smallest absolute Gasteiger partial charge is 0.164 e. The molecule has 9 aromatic rings. The molecule has 1 aliphatic heterocycles. The summed E-state index contributed by atoms with van der Waals surface area (Å²) in [4.78, 5) is 17.7. The second-order valence-electron chi connectivity index (χ2n) is 15.0. The summed E-state index contributed by atoms with van der Waals surface area (Å²) in [6, 6.07) is 69.5. The summed E-state index contributed by atoms with van der Waals surface area (Å²) in [5.74, 6) is 1.87. The zero-order valence-corrected chi connectivity index (χ0v) is 32.9. The third-order valence-electron chi connectivity index (χ3n) is 11.6. The number of hydrogen-bond donors (Lipinski definition) is 0. The van der Waals surface area contributed by atoms with E-state index in [1.165, 1.54) is 43.2 Å². The van der Waals surface area contributed by atoms with Crippen LogP contribution in [0.5, 0.6) is 0 Å². The Labute approximate surface area is 352 Å². The van der Waals surface area contributed by atoms with Crippen LogP contribution in [0.2, 0.25) is 0 Å². The molecule has 2 aliphatic rings. The molecule has 0 amide bonds. The van der Waals surface area contributed by atoms with Gasteiger partial charge < -0.3 is 0 Å². The monoisotopic (exact) mass is 781 g/mol. The maximum Gasteiger partial charge on any atom is 0.164 e. The number of nitriles is 2. The van der Waals surface area contributed by atoms with Crippen molar-refractivity contribution in [2.75, 3.05) is 0 Å². The number of benzene rings is 8. The number of rotatable bonds is 5. The van der Waals surface area contributed by atoms with Crippen LogP contribution in [0, 0.1) is 22.7 Å². The average Bonchev–Trinajstić information content (AvgIpc) is 3.61. The number of aromatic nitrogens is 3. The highest BCUT2D eigenvalue weighted by Crippen LogP contribution is 2.62. The van der Waals surface area contributed by atoms with Crippen molar-refractivity contribution in [2.24, 2.45) is 0 Å². The first-order valence-corrected chi connectivity index (χ1v) is 20.5. The van der Waals surface area contributed by atoms with Gasteiger partial charge in [-0.2, -0.15) is 10.5 Å². The van der Waals surface area contributed by atoms with Crippen molar-refractivity contribution in [3.63, 3.8) is 0 Å². The third kappa shape index (κ3) is 5.66. The molecule has 8 aromatic carbocycles. The summed E-state index contributed by atoms with van der Waals surface area (Å²) in [5, 5.41) is 19.2. The quantitative estimate of drug-likeness (QED) is 0.173. The lowest BCUT2D eigenvalue weighted by molar-refractivity contribution is 0.722. The molecule has 1 spiro atoms. The van der Waals surface area contributed by atoms with Crippen molar-refractivity contribution in [2.45, 2.75) is 15.2 Å². The van der Waals surface area contributed by atoms with Gasteiger partial charge in [-0.05, 0) is 98.1 Å². The van der Waals surface area contributed by atoms with Crippen molar-refractivity contribution >= 4 is 11.8 Å². The lowest BCUT2D eigenvalue weighted by Crippen LogP contribution is -2.32. The Morgan fingerprint density at radius 3 is 1.28 bits per heavy atom. The van der Waals surface area contributed by atoms with E-state index in [1.54, 1.807) is 6.07 Å². The standard InChI is InChI=1S/C54H31N5S/c55-32-34-27-35(33-56)29-42(28-34)37-21-19-36(20-22-37)40-23-25-43-44-26-24-41(53-58-51(38-11-3-1-4-12-38)57-52(59-53)39-13-5-2-6-14-39)31-48(44)54(47(43)30-40)45-15-7-9-17-49(45)60-50-18-10-8-16-46(50)54/h1-31H. The van der Waals surface area contributed by atoms with Crippen LogP contribution in [0.25, 0.3) is 67.5 Å². The van der Waals surface area contributed by atoms with Gasteiger partial charge in [0.1, 0.15) is 0 Å². The van der Waals surface area contributed by atoms with Crippen molar-refractivity contribution in [3.8, 4) is 79.7 Å². The molecule has 0 saturated carbocycles. The van der Waals surface area contributed by atoms with Gasteiger partial charge in [-0.3, -0.25) is 0 Å². The van der Waals surface area contributed by atoms with Crippen LogP contribution >= 0.6 is 11.8 Å². The predicted octanol–water partition coefficient (Wildman–Crippen LogP) is 12.8. The van der Waals surface area contributed by atoms with Gasteiger partial charge in [-0.25, -0.2) is 15.0 Å². The van der Waals surface area contributed by atoms with Crippen LogP contribution in [-0.4, -0.2) is 15.0 Å². The summed E-state index contributed by atoms with van der Waals surface area (Å²) in [6.07, 6.45) is 0. The summed E-state index contributed by atoms with van der Waals surface area (Å²) < 4.78 is 0. The highest BCUT2D eigenvalue weighted by Gasteiger charge is 2.50. The van der Waals surface area contributed by atoms with E-state index >= 15 is 0 Å². The van der Waals surface area contributed by atoms with Gasteiger partial charge in [-0.1, -0.05) is 157 Å². The van der Waals surface area contributed by atoms with E-state index in [-0.39, 0.29) is 0 Å². The first-order chi connectivity index (χ1) is 29.6. The fourth-order valence-corrected chi connectivity index (χ4v) is 10.1. The highest BCUT2D eigenvalue weighted by atomic mass is 32.2. The minimum atomic E-state index is -0.627. The molecule has 5 nitrogen and oxygen atoms in total. The van der Waals surface area contributed by atoms with E-state index < -0.39 is 5.41 Å². The van der Waals surface area contributed by atoms with Gasteiger partial charge in [0, 0.05) is 26.5 Å². The SMILES string of the molecule is N#Cc1cc(C#N)cc(-c2ccc(-c3ccc4c(c3)C3(c5ccccc5Sc5ccccc53)c3cc(-c5nc(-c6ccccc6)nc(-c6ccccc6)n5)ccc3-4)cc2)c1. The first-order valence-electron chi connectivity index (χ1n) is 19.7. The third-order valence-corrected chi connectivity index (χ3v) is 12.8. The van der Waals surface area contributed by atoms with Crippen LogP contribution in [-0.2, 0) is 5.41 Å².